The van der Waals surface area contributed by atoms with Crippen molar-refractivity contribution in [2.45, 2.75) is 25.2 Å². The fraction of sp³-hybridized carbons (Fsp3) is 0.400. The Morgan fingerprint density at radius 3 is 0.880 bits per heavy atom. The maximum Gasteiger partial charge on any atom is 0.0662 e. The van der Waals surface area contributed by atoms with Gasteiger partial charge in [-0.15, -0.1) is 0 Å². The van der Waals surface area contributed by atoms with Crippen LogP contribution in [0.4, 0.5) is 0 Å². The third-order valence-corrected chi connectivity index (χ3v) is 13.5. The van der Waals surface area contributed by atoms with Crippen molar-refractivity contribution in [2.24, 2.45) is 22.9 Å². The molecule has 0 heterocycles. The van der Waals surface area contributed by atoms with E-state index >= 15 is 0 Å². The molecule has 0 aliphatic carbocycles. The highest BCUT2D eigenvalue weighted by Gasteiger charge is 2.32. The number of nitrogens with zero attached hydrogens (tertiary/aromatic N) is 2. The second-order valence-electron chi connectivity index (χ2n) is 11.5. The van der Waals surface area contributed by atoms with Gasteiger partial charge in [0.05, 0.1) is 13.2 Å². The molecule has 0 fully saturated rings. The van der Waals surface area contributed by atoms with Gasteiger partial charge in [0.1, 0.15) is 0 Å². The minimum Gasteiger partial charge on any atom is -0.394 e. The van der Waals surface area contributed by atoms with Crippen LogP contribution in [0.15, 0.2) is 121 Å². The van der Waals surface area contributed by atoms with E-state index < -0.39 is 15.8 Å². The number of aliphatic hydroxyl groups is 2. The highest BCUT2D eigenvalue weighted by molar-refractivity contribution is 7.89. The Bertz CT molecular complexity index is 1080. The van der Waals surface area contributed by atoms with Gasteiger partial charge in [-0.3, -0.25) is 0 Å². The van der Waals surface area contributed by atoms with Gasteiger partial charge in [-0.1, -0.05) is 128 Å². The smallest absolute Gasteiger partial charge is 0.0662 e. The zero-order valence-electron chi connectivity index (χ0n) is 31.2. The molecule has 4 aromatic carbocycles. The largest absolute Gasteiger partial charge is 0.394 e. The first-order chi connectivity index (χ1) is 24.2. The summed E-state index contributed by atoms with van der Waals surface area (Å²) in [5, 5.41) is 21.7. The molecule has 4 rings (SSSR count). The van der Waals surface area contributed by atoms with E-state index in [0.717, 1.165) is 39.0 Å². The van der Waals surface area contributed by atoms with E-state index in [1.807, 2.05) is 0 Å². The first-order valence-electron chi connectivity index (χ1n) is 17.4. The first-order valence-corrected chi connectivity index (χ1v) is 20.2. The highest BCUT2D eigenvalue weighted by Crippen LogP contribution is 2.57. The van der Waals surface area contributed by atoms with Crippen LogP contribution in [-0.4, -0.2) is 106 Å². The molecule has 10 heteroatoms. The van der Waals surface area contributed by atoms with Crippen LogP contribution >= 0.6 is 15.8 Å². The lowest BCUT2D eigenvalue weighted by Crippen LogP contribution is -2.27. The van der Waals surface area contributed by atoms with Crippen LogP contribution in [0.2, 0.25) is 0 Å². The molecule has 10 N–H and O–H groups in total. The van der Waals surface area contributed by atoms with Crippen molar-refractivity contribution in [3.8, 4) is 0 Å². The molecule has 0 saturated heterocycles. The van der Waals surface area contributed by atoms with E-state index in [2.05, 4.69) is 166 Å². The Morgan fingerprint density at radius 2 is 0.740 bits per heavy atom. The molecule has 278 valence electrons. The molecule has 0 aromatic heterocycles. The quantitative estimate of drug-likeness (QED) is 0.109. The van der Waals surface area contributed by atoms with Crippen molar-refractivity contribution in [1.82, 2.24) is 9.80 Å². The normalized spacial score (nSPS) is 10.4. The van der Waals surface area contributed by atoms with Crippen LogP contribution in [0.25, 0.3) is 0 Å². The minimum atomic E-state index is -0.472. The van der Waals surface area contributed by atoms with Gasteiger partial charge in [0, 0.05) is 31.6 Å². The summed E-state index contributed by atoms with van der Waals surface area (Å²) in [4.78, 5) is 4.36. The van der Waals surface area contributed by atoms with Gasteiger partial charge in [0.25, 0.3) is 0 Å². The maximum absolute atomic E-state index is 7.62. The molecule has 0 spiro atoms. The molecule has 0 saturated carbocycles. The van der Waals surface area contributed by atoms with Crippen molar-refractivity contribution in [1.29, 1.82) is 0 Å². The average molecular weight is 725 g/mol. The fourth-order valence-electron chi connectivity index (χ4n) is 4.34. The Balaban J connectivity index is 0.000000936. The van der Waals surface area contributed by atoms with E-state index in [9.17, 15) is 0 Å². The lowest BCUT2D eigenvalue weighted by molar-refractivity contribution is 0.186. The molecule has 0 atom stereocenters. The SMILES string of the molecule is CCC(P(c1ccccc1)c1ccccc1)P(c1ccccc1)c1ccccc1.CN(C)CCN(C)C.NCCCN.NCCN.OCCO. The van der Waals surface area contributed by atoms with E-state index in [4.69, 9.17) is 33.1 Å². The Hall–Kier alpha value is -2.58. The molecule has 0 radical (unpaired) electrons. The van der Waals surface area contributed by atoms with Crippen molar-refractivity contribution < 1.29 is 10.2 Å². The molecular weight excluding hydrogens is 658 g/mol. The number of likely N-dealkylation sites (N-methyl/N-ethyl adjacent to an activating group) is 2. The molecule has 0 aliphatic heterocycles. The van der Waals surface area contributed by atoms with Crippen LogP contribution in [0.1, 0.15) is 19.8 Å². The van der Waals surface area contributed by atoms with Crippen molar-refractivity contribution in [2.75, 3.05) is 80.7 Å². The van der Waals surface area contributed by atoms with Crippen LogP contribution in [0.3, 0.4) is 0 Å². The summed E-state index contributed by atoms with van der Waals surface area (Å²) in [6, 6.07) is 44.6. The summed E-state index contributed by atoms with van der Waals surface area (Å²) in [6.07, 6.45) is 2.10. The lowest BCUT2D eigenvalue weighted by atomic mass is 10.4. The first kappa shape index (κ1) is 47.4. The number of benzene rings is 4. The Labute approximate surface area is 306 Å². The van der Waals surface area contributed by atoms with Crippen LogP contribution in [-0.2, 0) is 0 Å². The van der Waals surface area contributed by atoms with Gasteiger partial charge in [0.15, 0.2) is 0 Å². The summed E-state index contributed by atoms with van der Waals surface area (Å²) < 4.78 is 0. The molecule has 50 heavy (non-hydrogen) atoms. The maximum atomic E-state index is 7.62. The molecule has 0 amide bonds. The van der Waals surface area contributed by atoms with Gasteiger partial charge in [-0.25, -0.2) is 0 Å². The number of aliphatic hydroxyl groups excluding tert-OH is 2. The van der Waals surface area contributed by atoms with Crippen molar-refractivity contribution >= 4 is 37.1 Å². The zero-order chi connectivity index (χ0) is 37.4. The summed E-state index contributed by atoms with van der Waals surface area (Å²) in [7, 11) is 7.40. The Morgan fingerprint density at radius 1 is 0.480 bits per heavy atom. The molecular formula is C40H66N6O2P2. The van der Waals surface area contributed by atoms with Gasteiger partial charge in [0.2, 0.25) is 0 Å². The molecule has 4 aromatic rings. The number of rotatable bonds is 14. The summed E-state index contributed by atoms with van der Waals surface area (Å²) in [6.45, 7) is 7.04. The second kappa shape index (κ2) is 32.3. The van der Waals surface area contributed by atoms with E-state index in [1.54, 1.807) is 0 Å². The van der Waals surface area contributed by atoms with Gasteiger partial charge in [-0.2, -0.15) is 0 Å². The standard InChI is InChI=1S/C27H26P2.C6H16N2.C3H10N2.C2H8N2.C2H6O2/c1-2-27(28(23-15-7-3-8-16-23)24-17-9-4-10-18-24)29(25-19-11-5-12-20-25)26-21-13-6-14-22-26;1-7(2)5-6-8(3)4;4-2-1-3-5;2*3-1-2-4/h3-22,27H,2H2,1H3;5-6H2,1-4H3;1-5H2;1-4H2;3-4H,1-2H2. The molecule has 0 bridgehead atoms. The summed E-state index contributed by atoms with van der Waals surface area (Å²) in [5.41, 5.74) is 19.9. The van der Waals surface area contributed by atoms with E-state index in [-0.39, 0.29) is 13.2 Å². The monoisotopic (exact) mass is 724 g/mol. The third kappa shape index (κ3) is 21.6. The summed E-state index contributed by atoms with van der Waals surface area (Å²) in [5.74, 6) is 0. The van der Waals surface area contributed by atoms with Crippen molar-refractivity contribution in [3.05, 3.63) is 121 Å². The van der Waals surface area contributed by atoms with Crippen LogP contribution in [0.5, 0.6) is 0 Å². The topological polar surface area (TPSA) is 151 Å². The number of hydrogen-bond donors (Lipinski definition) is 6. The second-order valence-corrected chi connectivity index (χ2v) is 16.7. The molecule has 0 unspecified atom stereocenters. The fourth-order valence-corrected chi connectivity index (χ4v) is 11.5. The average Bonchev–Trinajstić information content (AvgIpc) is 3.16. The molecule has 8 nitrogen and oxygen atoms in total. The zero-order valence-corrected chi connectivity index (χ0v) is 33.0. The van der Waals surface area contributed by atoms with E-state index in [1.165, 1.54) is 21.2 Å². The van der Waals surface area contributed by atoms with E-state index in [0.29, 0.717) is 18.5 Å². The highest BCUT2D eigenvalue weighted by atomic mass is 31.2. The predicted molar refractivity (Wildman–Crippen MR) is 224 cm³/mol. The molecule has 0 aliphatic rings. The minimum absolute atomic E-state index is 0.125. The predicted octanol–water partition coefficient (Wildman–Crippen LogP) is 3.27. The van der Waals surface area contributed by atoms with Gasteiger partial charge in [-0.05, 0) is 91.2 Å². The number of hydrogen-bond acceptors (Lipinski definition) is 8. The Kier molecular flexibility index (Phi) is 30.7. The van der Waals surface area contributed by atoms with Gasteiger partial charge < -0.3 is 42.9 Å². The van der Waals surface area contributed by atoms with Crippen LogP contribution in [0, 0.1) is 0 Å². The lowest BCUT2D eigenvalue weighted by Gasteiger charge is -2.35. The van der Waals surface area contributed by atoms with Crippen molar-refractivity contribution in [3.63, 3.8) is 0 Å². The van der Waals surface area contributed by atoms with Gasteiger partial charge >= 0.3 is 0 Å². The third-order valence-electron chi connectivity index (χ3n) is 6.77. The van der Waals surface area contributed by atoms with Crippen LogP contribution < -0.4 is 44.2 Å². The number of nitrogens with two attached hydrogens (primary N) is 4. The summed E-state index contributed by atoms with van der Waals surface area (Å²) >= 11 is 0.